The Hall–Kier alpha value is -1.41. The molecule has 0 atom stereocenters. The molecule has 0 amide bonds. The van der Waals surface area contributed by atoms with Crippen LogP contribution in [-0.4, -0.2) is 9.97 Å². The summed E-state index contributed by atoms with van der Waals surface area (Å²) in [7, 11) is 0. The number of rotatable bonds is 4. The highest BCUT2D eigenvalue weighted by molar-refractivity contribution is 6.29. The van der Waals surface area contributed by atoms with Crippen LogP contribution in [0.4, 0.5) is 0 Å². The molecule has 20 heavy (non-hydrogen) atoms. The van der Waals surface area contributed by atoms with Crippen molar-refractivity contribution in [2.24, 2.45) is 5.92 Å². The van der Waals surface area contributed by atoms with Gasteiger partial charge in [0.25, 0.3) is 0 Å². The summed E-state index contributed by atoms with van der Waals surface area (Å²) >= 11 is 6.09. The third-order valence-corrected chi connectivity index (χ3v) is 3.36. The number of hydrogen-bond donors (Lipinski definition) is 0. The van der Waals surface area contributed by atoms with E-state index < -0.39 is 0 Å². The number of nitrogens with zero attached hydrogens (tertiary/aromatic N) is 2. The standard InChI is InChI=1S/C17H21ClN2/c1-11(2)9-13-5-7-14(8-6-13)17-19-15(12(3)4)10-16(18)20-17/h5-8,10-12H,9H2,1-4H3. The summed E-state index contributed by atoms with van der Waals surface area (Å²) in [6, 6.07) is 10.3. The van der Waals surface area contributed by atoms with E-state index in [0.29, 0.717) is 22.8 Å². The molecule has 2 nitrogen and oxygen atoms in total. The van der Waals surface area contributed by atoms with Gasteiger partial charge in [0.15, 0.2) is 5.82 Å². The van der Waals surface area contributed by atoms with Crippen molar-refractivity contribution in [2.45, 2.75) is 40.0 Å². The molecule has 0 radical (unpaired) electrons. The first-order chi connectivity index (χ1) is 9.45. The van der Waals surface area contributed by atoms with Gasteiger partial charge in [0.05, 0.1) is 0 Å². The average molecular weight is 289 g/mol. The summed E-state index contributed by atoms with van der Waals surface area (Å²) in [4.78, 5) is 8.93. The van der Waals surface area contributed by atoms with Gasteiger partial charge < -0.3 is 0 Å². The van der Waals surface area contributed by atoms with Crippen molar-refractivity contribution in [1.82, 2.24) is 9.97 Å². The van der Waals surface area contributed by atoms with Crippen LogP contribution in [0.5, 0.6) is 0 Å². The third-order valence-electron chi connectivity index (χ3n) is 3.16. The molecule has 2 rings (SSSR count). The van der Waals surface area contributed by atoms with E-state index in [1.807, 2.05) is 6.07 Å². The predicted molar refractivity (Wildman–Crippen MR) is 85.1 cm³/mol. The van der Waals surface area contributed by atoms with Gasteiger partial charge >= 0.3 is 0 Å². The Kier molecular flexibility index (Phi) is 4.77. The average Bonchev–Trinajstić information content (AvgIpc) is 2.38. The Morgan fingerprint density at radius 3 is 2.20 bits per heavy atom. The van der Waals surface area contributed by atoms with Crippen LogP contribution < -0.4 is 0 Å². The summed E-state index contributed by atoms with van der Waals surface area (Å²) in [5.74, 6) is 1.71. The van der Waals surface area contributed by atoms with Crippen molar-refractivity contribution >= 4 is 11.6 Å². The summed E-state index contributed by atoms with van der Waals surface area (Å²) in [6.07, 6.45) is 1.09. The van der Waals surface area contributed by atoms with Crippen LogP contribution in [0.2, 0.25) is 5.15 Å². The molecule has 0 saturated carbocycles. The van der Waals surface area contributed by atoms with E-state index in [0.717, 1.165) is 17.7 Å². The lowest BCUT2D eigenvalue weighted by Crippen LogP contribution is -1.98. The Labute approximate surface area is 126 Å². The van der Waals surface area contributed by atoms with E-state index in [2.05, 4.69) is 61.9 Å². The van der Waals surface area contributed by atoms with Gasteiger partial charge in [0.1, 0.15) is 5.15 Å². The molecular weight excluding hydrogens is 268 g/mol. The van der Waals surface area contributed by atoms with Crippen molar-refractivity contribution in [2.75, 3.05) is 0 Å². The van der Waals surface area contributed by atoms with E-state index >= 15 is 0 Å². The maximum atomic E-state index is 6.09. The van der Waals surface area contributed by atoms with E-state index in [1.54, 1.807) is 0 Å². The third kappa shape index (κ3) is 3.80. The molecular formula is C17H21ClN2. The van der Waals surface area contributed by atoms with Gasteiger partial charge in [-0.15, -0.1) is 0 Å². The summed E-state index contributed by atoms with van der Waals surface area (Å²) in [5, 5.41) is 0.505. The Balaban J connectivity index is 2.31. The molecule has 0 aliphatic heterocycles. The monoisotopic (exact) mass is 288 g/mol. The Morgan fingerprint density at radius 1 is 1.00 bits per heavy atom. The van der Waals surface area contributed by atoms with Crippen molar-refractivity contribution in [3.8, 4) is 11.4 Å². The van der Waals surface area contributed by atoms with E-state index in [-0.39, 0.29) is 0 Å². The molecule has 106 valence electrons. The molecule has 1 aromatic carbocycles. The highest BCUT2D eigenvalue weighted by Crippen LogP contribution is 2.22. The van der Waals surface area contributed by atoms with Crippen molar-refractivity contribution in [3.63, 3.8) is 0 Å². The summed E-state index contributed by atoms with van der Waals surface area (Å²) in [6.45, 7) is 8.66. The first-order valence-corrected chi connectivity index (χ1v) is 7.47. The quantitative estimate of drug-likeness (QED) is 0.730. The normalized spacial score (nSPS) is 11.3. The highest BCUT2D eigenvalue weighted by Gasteiger charge is 2.08. The van der Waals surface area contributed by atoms with Crippen LogP contribution in [0.25, 0.3) is 11.4 Å². The van der Waals surface area contributed by atoms with Gasteiger partial charge in [-0.05, 0) is 29.9 Å². The van der Waals surface area contributed by atoms with Crippen LogP contribution in [-0.2, 0) is 6.42 Å². The molecule has 0 aliphatic carbocycles. The molecule has 0 N–H and O–H groups in total. The number of aromatic nitrogens is 2. The van der Waals surface area contributed by atoms with Gasteiger partial charge in [-0.3, -0.25) is 0 Å². The second-order valence-corrected chi connectivity index (χ2v) is 6.28. The van der Waals surface area contributed by atoms with Crippen LogP contribution >= 0.6 is 11.6 Å². The maximum Gasteiger partial charge on any atom is 0.161 e. The zero-order valence-electron chi connectivity index (χ0n) is 12.5. The van der Waals surface area contributed by atoms with Gasteiger partial charge in [-0.25, -0.2) is 9.97 Å². The SMILES string of the molecule is CC(C)Cc1ccc(-c2nc(Cl)cc(C(C)C)n2)cc1. The smallest absolute Gasteiger partial charge is 0.161 e. The van der Waals surface area contributed by atoms with Gasteiger partial charge in [-0.2, -0.15) is 0 Å². The van der Waals surface area contributed by atoms with Crippen LogP contribution in [0.3, 0.4) is 0 Å². The molecule has 3 heteroatoms. The largest absolute Gasteiger partial charge is 0.233 e. The fourth-order valence-corrected chi connectivity index (χ4v) is 2.31. The molecule has 1 heterocycles. The first kappa shape index (κ1) is 15.0. The zero-order chi connectivity index (χ0) is 14.7. The Morgan fingerprint density at radius 2 is 1.65 bits per heavy atom. The molecule has 0 bridgehead atoms. The highest BCUT2D eigenvalue weighted by atomic mass is 35.5. The lowest BCUT2D eigenvalue weighted by molar-refractivity contribution is 0.647. The fourth-order valence-electron chi connectivity index (χ4n) is 2.12. The molecule has 0 saturated heterocycles. The number of halogens is 1. The summed E-state index contributed by atoms with van der Waals surface area (Å²) < 4.78 is 0. The van der Waals surface area contributed by atoms with Gasteiger partial charge in [0, 0.05) is 11.3 Å². The second kappa shape index (κ2) is 6.36. The van der Waals surface area contributed by atoms with E-state index in [4.69, 9.17) is 11.6 Å². The van der Waals surface area contributed by atoms with E-state index in [9.17, 15) is 0 Å². The molecule has 0 unspecified atom stereocenters. The predicted octanol–water partition coefficient (Wildman–Crippen LogP) is 5.12. The summed E-state index contributed by atoms with van der Waals surface area (Å²) in [5.41, 5.74) is 3.34. The molecule has 0 spiro atoms. The minimum absolute atomic E-state index is 0.342. The van der Waals surface area contributed by atoms with Crippen molar-refractivity contribution < 1.29 is 0 Å². The number of benzene rings is 1. The molecule has 2 aromatic rings. The van der Waals surface area contributed by atoms with E-state index in [1.165, 1.54) is 5.56 Å². The Bertz CT molecular complexity index is 574. The second-order valence-electron chi connectivity index (χ2n) is 5.89. The molecule has 0 fully saturated rings. The van der Waals surface area contributed by atoms with Crippen LogP contribution in [0, 0.1) is 5.92 Å². The van der Waals surface area contributed by atoms with Crippen LogP contribution in [0.1, 0.15) is 44.9 Å². The number of hydrogen-bond acceptors (Lipinski definition) is 2. The molecule has 1 aromatic heterocycles. The molecule has 0 aliphatic rings. The van der Waals surface area contributed by atoms with Crippen molar-refractivity contribution in [1.29, 1.82) is 0 Å². The minimum atomic E-state index is 0.342. The first-order valence-electron chi connectivity index (χ1n) is 7.09. The zero-order valence-corrected chi connectivity index (χ0v) is 13.3. The lowest BCUT2D eigenvalue weighted by Gasteiger charge is -2.09. The maximum absolute atomic E-state index is 6.09. The van der Waals surface area contributed by atoms with Gasteiger partial charge in [-0.1, -0.05) is 63.6 Å². The van der Waals surface area contributed by atoms with Gasteiger partial charge in [0.2, 0.25) is 0 Å². The lowest BCUT2D eigenvalue weighted by atomic mass is 10.0. The fraction of sp³-hybridized carbons (Fsp3) is 0.412. The topological polar surface area (TPSA) is 25.8 Å². The van der Waals surface area contributed by atoms with Crippen LogP contribution in [0.15, 0.2) is 30.3 Å². The minimum Gasteiger partial charge on any atom is -0.233 e. The van der Waals surface area contributed by atoms with Crippen molar-refractivity contribution in [3.05, 3.63) is 46.7 Å².